The molecule has 2 aliphatic carbocycles. The van der Waals surface area contributed by atoms with Crippen molar-refractivity contribution >= 4 is 38.9 Å². The molecule has 0 spiro atoms. The molecule has 2 aliphatic rings. The van der Waals surface area contributed by atoms with Crippen molar-refractivity contribution in [3.8, 4) is 5.75 Å². The molecule has 0 saturated heterocycles. The normalized spacial score (nSPS) is 23.3. The number of phenols is 1. The minimum atomic E-state index is -4.03. The fourth-order valence-corrected chi connectivity index (χ4v) is 5.69. The molecule has 0 bridgehead atoms. The fourth-order valence-electron chi connectivity index (χ4n) is 4.21. The summed E-state index contributed by atoms with van der Waals surface area (Å²) < 4.78 is 31.3. The largest absolute Gasteiger partial charge is 0.504 e. The Morgan fingerprint density at radius 3 is 2.39 bits per heavy atom. The maximum Gasteiger partial charge on any atom is 0.247 e. The minimum Gasteiger partial charge on any atom is -0.504 e. The van der Waals surface area contributed by atoms with Gasteiger partial charge in [0.05, 0.1) is 10.7 Å². The molecule has 0 radical (unpaired) electrons. The van der Waals surface area contributed by atoms with E-state index in [-0.39, 0.29) is 16.2 Å². The molecule has 2 fully saturated rings. The highest BCUT2D eigenvalue weighted by atomic mass is 35.5. The number of ketones is 2. The highest BCUT2D eigenvalue weighted by Crippen LogP contribution is 2.40. The number of sulfonamides is 1. The van der Waals surface area contributed by atoms with Crippen LogP contribution >= 0.6 is 11.6 Å². The molecule has 0 aromatic heterocycles. The molecule has 172 valence electrons. The molecular weight excluding hydrogens is 446 g/mol. The summed E-state index contributed by atoms with van der Waals surface area (Å²) in [6.45, 7) is 0.531. The zero-order chi connectivity index (χ0) is 23.0. The maximum atomic E-state index is 12.6. The molecule has 2 saturated carbocycles. The zero-order valence-electron chi connectivity index (χ0n) is 17.8. The van der Waals surface area contributed by atoms with Gasteiger partial charge in [0.2, 0.25) is 21.6 Å². The van der Waals surface area contributed by atoms with Crippen molar-refractivity contribution in [2.24, 2.45) is 0 Å². The highest BCUT2D eigenvalue weighted by Gasteiger charge is 2.52. The second-order valence-electron chi connectivity index (χ2n) is 8.26. The van der Waals surface area contributed by atoms with Gasteiger partial charge in [-0.25, -0.2) is 12.7 Å². The molecule has 1 aromatic carbocycles. The number of anilines is 1. The molecule has 11 heteroatoms. The van der Waals surface area contributed by atoms with Crippen LogP contribution in [0.25, 0.3) is 0 Å². The van der Waals surface area contributed by atoms with Gasteiger partial charge in [-0.15, -0.1) is 0 Å². The van der Waals surface area contributed by atoms with E-state index in [4.69, 9.17) is 16.3 Å². The highest BCUT2D eigenvalue weighted by molar-refractivity contribution is 7.89. The number of phenolic OH excluding ortho intramolecular Hbond substituents is 1. The third kappa shape index (κ3) is 4.45. The van der Waals surface area contributed by atoms with Gasteiger partial charge in [-0.3, -0.25) is 14.9 Å². The lowest BCUT2D eigenvalue weighted by atomic mass is 9.79. The van der Waals surface area contributed by atoms with Crippen LogP contribution in [0.15, 0.2) is 17.0 Å². The number of nitrogens with one attached hydrogen (secondary N) is 2. The van der Waals surface area contributed by atoms with Crippen molar-refractivity contribution in [2.75, 3.05) is 33.1 Å². The van der Waals surface area contributed by atoms with Crippen LogP contribution in [0.2, 0.25) is 5.02 Å². The van der Waals surface area contributed by atoms with Crippen LogP contribution < -0.4 is 10.6 Å². The van der Waals surface area contributed by atoms with E-state index in [0.717, 1.165) is 30.0 Å². The number of hydrogen-bond donors (Lipinski definition) is 3. The van der Waals surface area contributed by atoms with E-state index in [1.807, 2.05) is 0 Å². The molecular formula is C20H28ClN3O6S. The minimum absolute atomic E-state index is 0.0137. The second-order valence-corrected chi connectivity index (χ2v) is 10.8. The maximum absolute atomic E-state index is 12.6. The molecule has 1 aromatic rings. The third-order valence-corrected chi connectivity index (χ3v) is 8.40. The van der Waals surface area contributed by atoms with Crippen LogP contribution in [0.4, 0.5) is 5.69 Å². The van der Waals surface area contributed by atoms with E-state index < -0.39 is 44.3 Å². The topological polar surface area (TPSA) is 125 Å². The van der Waals surface area contributed by atoms with E-state index in [1.54, 1.807) is 7.11 Å². The second kappa shape index (κ2) is 9.03. The van der Waals surface area contributed by atoms with Crippen molar-refractivity contribution in [3.63, 3.8) is 0 Å². The van der Waals surface area contributed by atoms with Crippen molar-refractivity contribution in [2.45, 2.75) is 54.6 Å². The van der Waals surface area contributed by atoms with E-state index in [9.17, 15) is 23.1 Å². The molecule has 0 aliphatic heterocycles. The predicted octanol–water partition coefficient (Wildman–Crippen LogP) is 1.54. The smallest absolute Gasteiger partial charge is 0.247 e. The number of carbonyl (C=O) groups excluding carboxylic acids is 2. The molecule has 3 rings (SSSR count). The Labute approximate surface area is 187 Å². The number of hydrogen-bond acceptors (Lipinski definition) is 8. The number of rotatable bonds is 9. The number of nitrogens with zero attached hydrogens (tertiary/aromatic N) is 1. The Balaban J connectivity index is 1.86. The van der Waals surface area contributed by atoms with Crippen molar-refractivity contribution in [1.82, 2.24) is 9.62 Å². The number of aromatic hydroxyl groups is 1. The first-order valence-corrected chi connectivity index (χ1v) is 11.9. The molecule has 2 unspecified atom stereocenters. The quantitative estimate of drug-likeness (QED) is 0.364. The molecule has 3 N–H and O–H groups in total. The van der Waals surface area contributed by atoms with E-state index >= 15 is 0 Å². The monoisotopic (exact) mass is 473 g/mol. The third-order valence-electron chi connectivity index (χ3n) is 6.08. The first kappa shape index (κ1) is 23.9. The Morgan fingerprint density at radius 2 is 1.81 bits per heavy atom. The van der Waals surface area contributed by atoms with Gasteiger partial charge in [0.15, 0.2) is 5.75 Å². The Morgan fingerprint density at radius 1 is 1.19 bits per heavy atom. The van der Waals surface area contributed by atoms with Crippen molar-refractivity contribution in [1.29, 1.82) is 0 Å². The summed E-state index contributed by atoms with van der Waals surface area (Å²) in [4.78, 5) is 24.2. The summed E-state index contributed by atoms with van der Waals surface area (Å²) in [5.41, 5.74) is -0.279. The SMILES string of the molecule is COCCC1(NC2C(=O)C(=O)C2Nc2ccc(Cl)c(S(=O)(=O)N(C)C)c2O)CCCC1. The number of Topliss-reactive ketones (excluding diaryl/α,β-unsaturated/α-hetero) is 2. The number of carbonyl (C=O) groups is 2. The van der Waals surface area contributed by atoms with Gasteiger partial charge in [-0.2, -0.15) is 0 Å². The standard InChI is InChI=1S/C20H28ClN3O6S/c1-24(2)31(28,29)19-12(21)6-7-13(16(19)25)22-14-15(18(27)17(14)26)23-20(10-11-30-3)8-4-5-9-20/h6-7,14-15,22-23,25H,4-5,8-11H2,1-3H3. The van der Waals surface area contributed by atoms with Crippen molar-refractivity contribution < 1.29 is 27.9 Å². The van der Waals surface area contributed by atoms with Crippen LogP contribution in [0.3, 0.4) is 0 Å². The van der Waals surface area contributed by atoms with Crippen LogP contribution in [-0.2, 0) is 24.3 Å². The molecule has 31 heavy (non-hydrogen) atoms. The van der Waals surface area contributed by atoms with E-state index in [1.165, 1.54) is 26.2 Å². The lowest BCUT2D eigenvalue weighted by Crippen LogP contribution is -2.70. The van der Waals surface area contributed by atoms with Crippen molar-refractivity contribution in [3.05, 3.63) is 17.2 Å². The Hall–Kier alpha value is -1.72. The Bertz CT molecular complexity index is 975. The average molecular weight is 474 g/mol. The number of methoxy groups -OCH3 is 1. The Kier molecular flexibility index (Phi) is 6.97. The summed E-state index contributed by atoms with van der Waals surface area (Å²) in [5.74, 6) is -1.75. The molecule has 2 atom stereocenters. The average Bonchev–Trinajstić information content (AvgIpc) is 3.18. The molecule has 0 amide bonds. The number of halogens is 1. The van der Waals surface area contributed by atoms with Gasteiger partial charge in [0, 0.05) is 33.4 Å². The van der Waals surface area contributed by atoms with E-state index in [2.05, 4.69) is 10.6 Å². The lowest BCUT2D eigenvalue weighted by Gasteiger charge is -2.42. The van der Waals surface area contributed by atoms with Gasteiger partial charge in [-0.1, -0.05) is 24.4 Å². The summed E-state index contributed by atoms with van der Waals surface area (Å²) >= 11 is 6.04. The van der Waals surface area contributed by atoms with Gasteiger partial charge < -0.3 is 15.2 Å². The molecule has 0 heterocycles. The number of benzene rings is 1. The number of ether oxygens (including phenoxy) is 1. The van der Waals surface area contributed by atoms with E-state index in [0.29, 0.717) is 13.0 Å². The first-order chi connectivity index (χ1) is 14.5. The lowest BCUT2D eigenvalue weighted by molar-refractivity contribution is -0.146. The summed E-state index contributed by atoms with van der Waals surface area (Å²) in [6.07, 6.45) is 4.50. The van der Waals surface area contributed by atoms with Gasteiger partial charge in [-0.05, 0) is 31.4 Å². The van der Waals surface area contributed by atoms with Gasteiger partial charge >= 0.3 is 0 Å². The van der Waals surface area contributed by atoms with Crippen LogP contribution in [0, 0.1) is 0 Å². The van der Waals surface area contributed by atoms with Crippen LogP contribution in [0.5, 0.6) is 5.75 Å². The zero-order valence-corrected chi connectivity index (χ0v) is 19.3. The summed E-state index contributed by atoms with van der Waals surface area (Å²) in [7, 11) is 0.227. The van der Waals surface area contributed by atoms with Gasteiger partial charge in [0.25, 0.3) is 0 Å². The molecule has 9 nitrogen and oxygen atoms in total. The summed E-state index contributed by atoms with van der Waals surface area (Å²) in [6, 6.07) is 1.01. The summed E-state index contributed by atoms with van der Waals surface area (Å²) in [5, 5.41) is 16.7. The van der Waals surface area contributed by atoms with Crippen LogP contribution in [0.1, 0.15) is 32.1 Å². The van der Waals surface area contributed by atoms with Crippen LogP contribution in [-0.4, -0.2) is 74.8 Å². The first-order valence-electron chi connectivity index (χ1n) is 10.1. The van der Waals surface area contributed by atoms with Gasteiger partial charge in [0.1, 0.15) is 17.0 Å². The fraction of sp³-hybridized carbons (Fsp3) is 0.600. The predicted molar refractivity (Wildman–Crippen MR) is 116 cm³/mol.